The van der Waals surface area contributed by atoms with E-state index in [1.54, 1.807) is 7.11 Å². The van der Waals surface area contributed by atoms with E-state index >= 15 is 0 Å². The standard InChI is InChI=1S/C17H24ClNO3/c1-11(2)13-9-16(22-3)12(8-14(13)18)10-19-7-5-4-6-15(19)17(20)21/h8-9,11,15H,4-7,10H2,1-3H3,(H,20,21)/t15-/m0/s1. The number of methoxy groups -OCH3 is 1. The van der Waals surface area contributed by atoms with E-state index < -0.39 is 12.0 Å². The summed E-state index contributed by atoms with van der Waals surface area (Å²) in [6.45, 7) is 5.53. The van der Waals surface area contributed by atoms with Gasteiger partial charge in [0.2, 0.25) is 0 Å². The Balaban J connectivity index is 2.28. The van der Waals surface area contributed by atoms with Crippen LogP contribution >= 0.6 is 11.6 Å². The lowest BCUT2D eigenvalue weighted by molar-refractivity contribution is -0.144. The third kappa shape index (κ3) is 3.73. The predicted octanol–water partition coefficient (Wildman–Crippen LogP) is 3.91. The molecular weight excluding hydrogens is 302 g/mol. The van der Waals surface area contributed by atoms with Crippen molar-refractivity contribution in [1.82, 2.24) is 4.90 Å². The Kier molecular flexibility index (Phi) is 5.70. The zero-order valence-electron chi connectivity index (χ0n) is 13.4. The SMILES string of the molecule is COc1cc(C(C)C)c(Cl)cc1CN1CCCC[C@H]1C(=O)O. The van der Waals surface area contributed by atoms with Crippen LogP contribution in [0.1, 0.15) is 50.2 Å². The molecule has 1 heterocycles. The zero-order valence-corrected chi connectivity index (χ0v) is 14.2. The van der Waals surface area contributed by atoms with Crippen LogP contribution in [0.25, 0.3) is 0 Å². The normalized spacial score (nSPS) is 19.4. The molecule has 1 aliphatic heterocycles. The lowest BCUT2D eigenvalue weighted by atomic mass is 9.98. The first-order valence-corrected chi connectivity index (χ1v) is 8.15. The van der Waals surface area contributed by atoms with Gasteiger partial charge < -0.3 is 9.84 Å². The van der Waals surface area contributed by atoms with Crippen molar-refractivity contribution in [1.29, 1.82) is 0 Å². The van der Waals surface area contributed by atoms with Gasteiger partial charge in [-0.1, -0.05) is 31.9 Å². The highest BCUT2D eigenvalue weighted by Crippen LogP contribution is 2.33. The van der Waals surface area contributed by atoms with E-state index in [9.17, 15) is 9.90 Å². The summed E-state index contributed by atoms with van der Waals surface area (Å²) in [5, 5.41) is 10.1. The fraction of sp³-hybridized carbons (Fsp3) is 0.588. The van der Waals surface area contributed by atoms with Gasteiger partial charge in [0.25, 0.3) is 0 Å². The molecule has 5 heteroatoms. The second kappa shape index (κ2) is 7.34. The van der Waals surface area contributed by atoms with Crippen LogP contribution in [-0.2, 0) is 11.3 Å². The molecule has 1 N–H and O–H groups in total. The molecule has 1 aromatic rings. The molecule has 0 aliphatic carbocycles. The summed E-state index contributed by atoms with van der Waals surface area (Å²) in [5.74, 6) is 0.351. The predicted molar refractivity (Wildman–Crippen MR) is 87.8 cm³/mol. The molecule has 0 bridgehead atoms. The van der Waals surface area contributed by atoms with Crippen LogP contribution in [0, 0.1) is 0 Å². The fourth-order valence-electron chi connectivity index (χ4n) is 3.05. The summed E-state index contributed by atoms with van der Waals surface area (Å²) in [4.78, 5) is 13.4. The maximum Gasteiger partial charge on any atom is 0.320 e. The van der Waals surface area contributed by atoms with E-state index in [2.05, 4.69) is 13.8 Å². The largest absolute Gasteiger partial charge is 0.496 e. The van der Waals surface area contributed by atoms with Gasteiger partial charge in [0, 0.05) is 17.1 Å². The van der Waals surface area contributed by atoms with Gasteiger partial charge in [-0.25, -0.2) is 0 Å². The van der Waals surface area contributed by atoms with Crippen LogP contribution in [0.15, 0.2) is 12.1 Å². The van der Waals surface area contributed by atoms with Gasteiger partial charge in [-0.05, 0) is 43.0 Å². The molecule has 1 saturated heterocycles. The molecule has 4 nitrogen and oxygen atoms in total. The monoisotopic (exact) mass is 325 g/mol. The molecule has 0 saturated carbocycles. The maximum absolute atomic E-state index is 11.4. The van der Waals surface area contributed by atoms with Crippen molar-refractivity contribution >= 4 is 17.6 Å². The number of benzene rings is 1. The Labute approximate surface area is 137 Å². The van der Waals surface area contributed by atoms with Crippen molar-refractivity contribution in [3.63, 3.8) is 0 Å². The van der Waals surface area contributed by atoms with Crippen molar-refractivity contribution in [2.45, 2.75) is 51.6 Å². The molecule has 1 atom stereocenters. The molecule has 0 radical (unpaired) electrons. The Morgan fingerprint density at radius 1 is 1.45 bits per heavy atom. The number of hydrogen-bond donors (Lipinski definition) is 1. The number of likely N-dealkylation sites (tertiary alicyclic amines) is 1. The van der Waals surface area contributed by atoms with Crippen molar-refractivity contribution in [3.8, 4) is 5.75 Å². The van der Waals surface area contributed by atoms with E-state index in [1.807, 2.05) is 17.0 Å². The molecule has 22 heavy (non-hydrogen) atoms. The summed E-state index contributed by atoms with van der Waals surface area (Å²) in [7, 11) is 1.64. The number of nitrogens with zero attached hydrogens (tertiary/aromatic N) is 1. The second-order valence-corrected chi connectivity index (χ2v) is 6.57. The van der Waals surface area contributed by atoms with Gasteiger partial charge in [-0.15, -0.1) is 0 Å². The maximum atomic E-state index is 11.4. The van der Waals surface area contributed by atoms with Gasteiger partial charge in [-0.3, -0.25) is 9.69 Å². The van der Waals surface area contributed by atoms with Crippen molar-refractivity contribution in [3.05, 3.63) is 28.3 Å². The molecule has 0 amide bonds. The number of carboxylic acids is 1. The Morgan fingerprint density at radius 2 is 2.18 bits per heavy atom. The second-order valence-electron chi connectivity index (χ2n) is 6.16. The fourth-order valence-corrected chi connectivity index (χ4v) is 3.45. The van der Waals surface area contributed by atoms with Crippen LogP contribution < -0.4 is 4.74 Å². The highest BCUT2D eigenvalue weighted by Gasteiger charge is 2.29. The lowest BCUT2D eigenvalue weighted by Crippen LogP contribution is -2.44. The van der Waals surface area contributed by atoms with Gasteiger partial charge in [-0.2, -0.15) is 0 Å². The zero-order chi connectivity index (χ0) is 16.3. The van der Waals surface area contributed by atoms with E-state index in [4.69, 9.17) is 16.3 Å². The number of hydrogen-bond acceptors (Lipinski definition) is 3. The first-order valence-electron chi connectivity index (χ1n) is 7.77. The molecule has 2 rings (SSSR count). The molecule has 0 spiro atoms. The summed E-state index contributed by atoms with van der Waals surface area (Å²) in [6.07, 6.45) is 2.71. The number of rotatable bonds is 5. The van der Waals surface area contributed by atoms with Crippen LogP contribution in [-0.4, -0.2) is 35.7 Å². The number of aliphatic carboxylic acids is 1. The van der Waals surface area contributed by atoms with Crippen LogP contribution in [0.5, 0.6) is 5.75 Å². The van der Waals surface area contributed by atoms with Gasteiger partial charge in [0.05, 0.1) is 7.11 Å². The molecular formula is C17H24ClNO3. The average molecular weight is 326 g/mol. The van der Waals surface area contributed by atoms with E-state index in [1.165, 1.54) is 0 Å². The number of carbonyl (C=O) groups is 1. The number of piperidine rings is 1. The first kappa shape index (κ1) is 17.1. The summed E-state index contributed by atoms with van der Waals surface area (Å²) >= 11 is 6.38. The van der Waals surface area contributed by atoms with Gasteiger partial charge >= 0.3 is 5.97 Å². The summed E-state index contributed by atoms with van der Waals surface area (Å²) < 4.78 is 5.50. The molecule has 1 aromatic carbocycles. The van der Waals surface area contributed by atoms with Gasteiger partial charge in [0.15, 0.2) is 0 Å². The number of ether oxygens (including phenoxy) is 1. The molecule has 122 valence electrons. The highest BCUT2D eigenvalue weighted by molar-refractivity contribution is 6.31. The number of halogens is 1. The smallest absolute Gasteiger partial charge is 0.320 e. The number of carboxylic acid groups (broad SMARTS) is 1. The quantitative estimate of drug-likeness (QED) is 0.891. The summed E-state index contributed by atoms with van der Waals surface area (Å²) in [5.41, 5.74) is 2.00. The van der Waals surface area contributed by atoms with E-state index in [0.717, 1.165) is 41.3 Å². The van der Waals surface area contributed by atoms with Crippen molar-refractivity contribution in [2.24, 2.45) is 0 Å². The summed E-state index contributed by atoms with van der Waals surface area (Å²) in [6, 6.07) is 3.48. The van der Waals surface area contributed by atoms with Crippen LogP contribution in [0.2, 0.25) is 5.02 Å². The Hall–Kier alpha value is -1.26. The minimum absolute atomic E-state index is 0.317. The lowest BCUT2D eigenvalue weighted by Gasteiger charge is -2.33. The van der Waals surface area contributed by atoms with Crippen molar-refractivity contribution < 1.29 is 14.6 Å². The minimum Gasteiger partial charge on any atom is -0.496 e. The minimum atomic E-state index is -0.747. The first-order chi connectivity index (χ1) is 10.4. The molecule has 0 unspecified atom stereocenters. The Bertz CT molecular complexity index is 545. The third-order valence-electron chi connectivity index (χ3n) is 4.29. The third-order valence-corrected chi connectivity index (χ3v) is 4.62. The topological polar surface area (TPSA) is 49.8 Å². The van der Waals surface area contributed by atoms with E-state index in [0.29, 0.717) is 18.9 Å². The Morgan fingerprint density at radius 3 is 2.77 bits per heavy atom. The average Bonchev–Trinajstić information content (AvgIpc) is 2.47. The molecule has 1 fully saturated rings. The van der Waals surface area contributed by atoms with E-state index in [-0.39, 0.29) is 0 Å². The molecule has 0 aromatic heterocycles. The van der Waals surface area contributed by atoms with Crippen LogP contribution in [0.4, 0.5) is 0 Å². The van der Waals surface area contributed by atoms with Crippen molar-refractivity contribution in [2.75, 3.05) is 13.7 Å². The van der Waals surface area contributed by atoms with Gasteiger partial charge in [0.1, 0.15) is 11.8 Å². The van der Waals surface area contributed by atoms with Crippen LogP contribution in [0.3, 0.4) is 0 Å². The molecule has 1 aliphatic rings. The highest BCUT2D eigenvalue weighted by atomic mass is 35.5.